The van der Waals surface area contributed by atoms with Crippen molar-refractivity contribution in [3.8, 4) is 0 Å². The molecule has 2 N–H and O–H groups in total. The SMILES string of the molecule is Cc1cn(Cc2c(C(=O)O)cnn2C)c(=O)[nH]c1=O. The summed E-state index contributed by atoms with van der Waals surface area (Å²) in [6, 6.07) is 0. The summed E-state index contributed by atoms with van der Waals surface area (Å²) in [5.74, 6) is -1.11. The van der Waals surface area contributed by atoms with Gasteiger partial charge in [0.2, 0.25) is 0 Å². The Morgan fingerprint density at radius 3 is 2.79 bits per heavy atom. The first-order chi connectivity index (χ1) is 8.90. The van der Waals surface area contributed by atoms with Crippen molar-refractivity contribution in [1.29, 1.82) is 0 Å². The first kappa shape index (κ1) is 12.8. The number of hydrogen-bond acceptors (Lipinski definition) is 4. The summed E-state index contributed by atoms with van der Waals surface area (Å²) >= 11 is 0. The number of H-pyrrole nitrogens is 1. The number of aromatic carboxylic acids is 1. The van der Waals surface area contributed by atoms with Gasteiger partial charge in [-0.3, -0.25) is 19.0 Å². The molecule has 8 nitrogen and oxygen atoms in total. The van der Waals surface area contributed by atoms with Crippen molar-refractivity contribution in [2.24, 2.45) is 7.05 Å². The first-order valence-corrected chi connectivity index (χ1v) is 5.44. The fourth-order valence-electron chi connectivity index (χ4n) is 1.73. The molecule has 2 rings (SSSR count). The molecule has 0 atom stereocenters. The Morgan fingerprint density at radius 2 is 2.16 bits per heavy atom. The monoisotopic (exact) mass is 264 g/mol. The second-order valence-corrected chi connectivity index (χ2v) is 4.13. The van der Waals surface area contributed by atoms with Gasteiger partial charge in [0.1, 0.15) is 5.56 Å². The predicted molar refractivity (Wildman–Crippen MR) is 65.3 cm³/mol. The Balaban J connectivity index is 2.50. The van der Waals surface area contributed by atoms with Crippen molar-refractivity contribution in [3.05, 3.63) is 50.1 Å². The number of nitrogens with one attached hydrogen (secondary N) is 1. The molecule has 0 aliphatic rings. The average molecular weight is 264 g/mol. The van der Waals surface area contributed by atoms with Gasteiger partial charge in [0, 0.05) is 18.8 Å². The molecule has 0 amide bonds. The summed E-state index contributed by atoms with van der Waals surface area (Å²) in [6.07, 6.45) is 2.61. The summed E-state index contributed by atoms with van der Waals surface area (Å²) in [5.41, 5.74) is -0.268. The van der Waals surface area contributed by atoms with E-state index in [0.717, 1.165) is 0 Å². The van der Waals surface area contributed by atoms with Crippen molar-refractivity contribution in [2.75, 3.05) is 0 Å². The van der Waals surface area contributed by atoms with E-state index in [1.807, 2.05) is 0 Å². The van der Waals surface area contributed by atoms with E-state index < -0.39 is 17.2 Å². The largest absolute Gasteiger partial charge is 0.478 e. The number of carboxylic acids is 1. The molecule has 0 radical (unpaired) electrons. The van der Waals surface area contributed by atoms with Gasteiger partial charge < -0.3 is 5.11 Å². The van der Waals surface area contributed by atoms with Crippen LogP contribution in [0.5, 0.6) is 0 Å². The minimum Gasteiger partial charge on any atom is -0.478 e. The zero-order valence-corrected chi connectivity index (χ0v) is 10.4. The third kappa shape index (κ3) is 2.32. The van der Waals surface area contributed by atoms with Gasteiger partial charge in [0.15, 0.2) is 0 Å². The number of carboxylic acid groups (broad SMARTS) is 1. The van der Waals surface area contributed by atoms with Crippen molar-refractivity contribution in [2.45, 2.75) is 13.5 Å². The van der Waals surface area contributed by atoms with E-state index in [0.29, 0.717) is 11.3 Å². The van der Waals surface area contributed by atoms with Crippen molar-refractivity contribution in [1.82, 2.24) is 19.3 Å². The molecule has 0 aromatic carbocycles. The quantitative estimate of drug-likeness (QED) is 0.763. The molecule has 2 heterocycles. The molecule has 0 bridgehead atoms. The van der Waals surface area contributed by atoms with E-state index in [1.54, 1.807) is 14.0 Å². The molecule has 100 valence electrons. The van der Waals surface area contributed by atoms with E-state index in [9.17, 15) is 14.4 Å². The zero-order chi connectivity index (χ0) is 14.2. The number of aromatic amines is 1. The summed E-state index contributed by atoms with van der Waals surface area (Å²) in [7, 11) is 1.59. The van der Waals surface area contributed by atoms with Crippen molar-refractivity contribution < 1.29 is 9.90 Å². The van der Waals surface area contributed by atoms with E-state index in [4.69, 9.17) is 5.11 Å². The first-order valence-electron chi connectivity index (χ1n) is 5.44. The lowest BCUT2D eigenvalue weighted by Crippen LogP contribution is -2.31. The second kappa shape index (κ2) is 4.56. The van der Waals surface area contributed by atoms with Crippen LogP contribution >= 0.6 is 0 Å². The number of aryl methyl sites for hydroxylation is 2. The smallest absolute Gasteiger partial charge is 0.339 e. The maximum absolute atomic E-state index is 11.6. The van der Waals surface area contributed by atoms with Crippen LogP contribution in [0.15, 0.2) is 22.0 Å². The fourth-order valence-corrected chi connectivity index (χ4v) is 1.73. The van der Waals surface area contributed by atoms with Crippen molar-refractivity contribution >= 4 is 5.97 Å². The van der Waals surface area contributed by atoms with Crippen LogP contribution in [0, 0.1) is 6.92 Å². The van der Waals surface area contributed by atoms with Crippen LogP contribution in [0.1, 0.15) is 21.6 Å². The molecule has 0 spiro atoms. The molecular weight excluding hydrogens is 252 g/mol. The molecule has 0 aliphatic carbocycles. The normalized spacial score (nSPS) is 10.6. The van der Waals surface area contributed by atoms with Crippen LogP contribution in [0.2, 0.25) is 0 Å². The summed E-state index contributed by atoms with van der Waals surface area (Å²) < 4.78 is 2.62. The van der Waals surface area contributed by atoms with E-state index in [-0.39, 0.29) is 12.1 Å². The van der Waals surface area contributed by atoms with Crippen LogP contribution < -0.4 is 11.2 Å². The third-order valence-corrected chi connectivity index (χ3v) is 2.80. The van der Waals surface area contributed by atoms with Crippen molar-refractivity contribution in [3.63, 3.8) is 0 Å². The highest BCUT2D eigenvalue weighted by molar-refractivity contribution is 5.88. The van der Waals surface area contributed by atoms with E-state index in [2.05, 4.69) is 10.1 Å². The van der Waals surface area contributed by atoms with Gasteiger partial charge in [-0.05, 0) is 6.92 Å². The highest BCUT2D eigenvalue weighted by atomic mass is 16.4. The van der Waals surface area contributed by atoms with Gasteiger partial charge in [-0.25, -0.2) is 9.59 Å². The highest BCUT2D eigenvalue weighted by Gasteiger charge is 2.16. The summed E-state index contributed by atoms with van der Waals surface area (Å²) in [5, 5.41) is 12.9. The summed E-state index contributed by atoms with van der Waals surface area (Å²) in [4.78, 5) is 36.1. The lowest BCUT2D eigenvalue weighted by molar-refractivity contribution is 0.0695. The molecule has 0 aliphatic heterocycles. The number of hydrogen-bond donors (Lipinski definition) is 2. The van der Waals surface area contributed by atoms with Gasteiger partial charge in [-0.2, -0.15) is 5.10 Å². The molecule has 8 heteroatoms. The molecule has 19 heavy (non-hydrogen) atoms. The van der Waals surface area contributed by atoms with Gasteiger partial charge in [0.05, 0.1) is 18.4 Å². The zero-order valence-electron chi connectivity index (χ0n) is 10.4. The number of carbonyl (C=O) groups is 1. The second-order valence-electron chi connectivity index (χ2n) is 4.13. The van der Waals surface area contributed by atoms with Crippen LogP contribution in [0.3, 0.4) is 0 Å². The molecule has 2 aromatic rings. The standard InChI is InChI=1S/C11H12N4O4/c1-6-4-15(11(19)13-9(6)16)5-8-7(10(17)18)3-12-14(8)2/h3-4H,5H2,1-2H3,(H,17,18)(H,13,16,19). The lowest BCUT2D eigenvalue weighted by atomic mass is 10.2. The fraction of sp³-hybridized carbons (Fsp3) is 0.273. The van der Waals surface area contributed by atoms with Crippen LogP contribution in [-0.2, 0) is 13.6 Å². The molecule has 0 saturated heterocycles. The highest BCUT2D eigenvalue weighted by Crippen LogP contribution is 2.08. The van der Waals surface area contributed by atoms with Crippen LogP contribution in [0.4, 0.5) is 0 Å². The van der Waals surface area contributed by atoms with Gasteiger partial charge in [0.25, 0.3) is 5.56 Å². The number of aromatic nitrogens is 4. The average Bonchev–Trinajstić information content (AvgIpc) is 2.68. The Morgan fingerprint density at radius 1 is 1.47 bits per heavy atom. The minimum atomic E-state index is -1.11. The van der Waals surface area contributed by atoms with Crippen LogP contribution in [-0.4, -0.2) is 30.4 Å². The molecular formula is C11H12N4O4. The topological polar surface area (TPSA) is 110 Å². The number of nitrogens with zero attached hydrogens (tertiary/aromatic N) is 3. The Kier molecular flexibility index (Phi) is 3.07. The molecule has 0 fully saturated rings. The Hall–Kier alpha value is -2.64. The maximum atomic E-state index is 11.6. The van der Waals surface area contributed by atoms with Gasteiger partial charge in [-0.1, -0.05) is 0 Å². The Labute approximate surface area is 106 Å². The molecule has 2 aromatic heterocycles. The predicted octanol–water partition coefficient (Wildman–Crippen LogP) is -0.675. The molecule has 0 unspecified atom stereocenters. The minimum absolute atomic E-state index is 0.0224. The maximum Gasteiger partial charge on any atom is 0.339 e. The summed E-state index contributed by atoms with van der Waals surface area (Å²) in [6.45, 7) is 1.59. The van der Waals surface area contributed by atoms with E-state index in [1.165, 1.54) is 21.6 Å². The van der Waals surface area contributed by atoms with Crippen LogP contribution in [0.25, 0.3) is 0 Å². The molecule has 0 saturated carbocycles. The van der Waals surface area contributed by atoms with E-state index >= 15 is 0 Å². The number of rotatable bonds is 3. The van der Waals surface area contributed by atoms with Gasteiger partial charge >= 0.3 is 11.7 Å². The third-order valence-electron chi connectivity index (χ3n) is 2.80. The lowest BCUT2D eigenvalue weighted by Gasteiger charge is -2.07. The van der Waals surface area contributed by atoms with Gasteiger partial charge in [-0.15, -0.1) is 0 Å². The Bertz CT molecular complexity index is 753.